The summed E-state index contributed by atoms with van der Waals surface area (Å²) in [5.74, 6) is -1.47. The molecule has 8 heteroatoms. The molecule has 7 nitrogen and oxygen atoms in total. The van der Waals surface area contributed by atoms with Gasteiger partial charge in [0.1, 0.15) is 11.4 Å². The number of hydrogen-bond donors (Lipinski definition) is 2. The Morgan fingerprint density at radius 2 is 1.48 bits per heavy atom. The molecule has 4 rings (SSSR count). The van der Waals surface area contributed by atoms with Crippen LogP contribution in [0, 0.1) is 0 Å². The first-order chi connectivity index (χ1) is 14.8. The van der Waals surface area contributed by atoms with E-state index in [-0.39, 0.29) is 38.7 Å². The first-order valence-corrected chi connectivity index (χ1v) is 10.8. The van der Waals surface area contributed by atoms with Crippen molar-refractivity contribution in [1.82, 2.24) is 9.62 Å². The largest absolute Gasteiger partial charge is 0.507 e. The first kappa shape index (κ1) is 20.4. The maximum Gasteiger partial charge on any atom is 0.264 e. The number of amides is 1. The van der Waals surface area contributed by atoms with Crippen LogP contribution in [0.4, 0.5) is 0 Å². The second kappa shape index (κ2) is 7.73. The quantitative estimate of drug-likeness (QED) is 0.615. The molecule has 31 heavy (non-hydrogen) atoms. The zero-order chi connectivity index (χ0) is 22.2. The molecule has 0 saturated heterocycles. The topological polar surface area (TPSA) is 104 Å². The maximum atomic E-state index is 13.3. The van der Waals surface area contributed by atoms with Crippen molar-refractivity contribution in [3.05, 3.63) is 101 Å². The van der Waals surface area contributed by atoms with E-state index >= 15 is 0 Å². The molecule has 0 unspecified atom stereocenters. The zero-order valence-corrected chi connectivity index (χ0v) is 17.3. The molecule has 0 radical (unpaired) electrons. The second-order valence-electron chi connectivity index (χ2n) is 6.86. The number of nitrogens with one attached hydrogen (secondary N) is 1. The fraction of sp³-hybridized carbons (Fsp3) is 0.0435. The number of aromatic hydroxyl groups is 1. The van der Waals surface area contributed by atoms with E-state index in [0.29, 0.717) is 0 Å². The number of carbonyl (C=O) groups is 2. The molecule has 3 aromatic carbocycles. The predicted molar refractivity (Wildman–Crippen MR) is 115 cm³/mol. The summed E-state index contributed by atoms with van der Waals surface area (Å²) in [6, 6.07) is 20.3. The van der Waals surface area contributed by atoms with Crippen LogP contribution < -0.4 is 5.32 Å². The molecule has 1 heterocycles. The number of nitrogens with zero attached hydrogens (tertiary/aromatic N) is 1. The summed E-state index contributed by atoms with van der Waals surface area (Å²) in [7, 11) is -2.74. The Hall–Kier alpha value is -3.91. The van der Waals surface area contributed by atoms with Crippen molar-refractivity contribution in [2.75, 3.05) is 7.05 Å². The summed E-state index contributed by atoms with van der Waals surface area (Å²) in [4.78, 5) is 26.2. The van der Waals surface area contributed by atoms with E-state index in [2.05, 4.69) is 5.32 Å². The van der Waals surface area contributed by atoms with E-state index in [0.717, 1.165) is 4.31 Å². The fourth-order valence-electron chi connectivity index (χ4n) is 3.41. The Morgan fingerprint density at radius 3 is 2.19 bits per heavy atom. The molecule has 1 aliphatic rings. The minimum absolute atomic E-state index is 0.00456. The van der Waals surface area contributed by atoms with Crippen LogP contribution >= 0.6 is 0 Å². The van der Waals surface area contributed by atoms with Gasteiger partial charge in [-0.05, 0) is 18.2 Å². The van der Waals surface area contributed by atoms with Gasteiger partial charge in [0, 0.05) is 18.2 Å². The predicted octanol–water partition coefficient (Wildman–Crippen LogP) is 3.01. The molecule has 2 N–H and O–H groups in total. The SMILES string of the molecule is CN1C(C(=O)c2ccccc2)=C(NC(=O)c2ccccc2O)c2ccccc2S1(=O)=O. The highest BCUT2D eigenvalue weighted by Gasteiger charge is 2.38. The van der Waals surface area contributed by atoms with Crippen molar-refractivity contribution < 1.29 is 23.1 Å². The highest BCUT2D eigenvalue weighted by atomic mass is 32.2. The van der Waals surface area contributed by atoms with Crippen molar-refractivity contribution in [3.63, 3.8) is 0 Å². The van der Waals surface area contributed by atoms with Gasteiger partial charge in [-0.25, -0.2) is 8.42 Å². The number of likely N-dealkylation sites (N-methyl/N-ethyl adjacent to an activating group) is 1. The van der Waals surface area contributed by atoms with Gasteiger partial charge in [0.05, 0.1) is 16.2 Å². The van der Waals surface area contributed by atoms with Gasteiger partial charge in [-0.1, -0.05) is 60.7 Å². The molecule has 1 aliphatic heterocycles. The van der Waals surface area contributed by atoms with Crippen molar-refractivity contribution in [1.29, 1.82) is 0 Å². The number of Topliss-reactive ketones (excluding diaryl/α,β-unsaturated/α-hetero) is 1. The molecular weight excluding hydrogens is 416 g/mol. The lowest BCUT2D eigenvalue weighted by atomic mass is 10.0. The molecule has 0 spiro atoms. The van der Waals surface area contributed by atoms with Crippen LogP contribution in [0.3, 0.4) is 0 Å². The highest BCUT2D eigenvalue weighted by Crippen LogP contribution is 2.36. The first-order valence-electron chi connectivity index (χ1n) is 9.34. The molecule has 0 fully saturated rings. The van der Waals surface area contributed by atoms with Crippen LogP contribution in [0.2, 0.25) is 0 Å². The van der Waals surface area contributed by atoms with Gasteiger partial charge >= 0.3 is 0 Å². The smallest absolute Gasteiger partial charge is 0.264 e. The van der Waals surface area contributed by atoms with Crippen molar-refractivity contribution in [3.8, 4) is 5.75 Å². The average Bonchev–Trinajstić information content (AvgIpc) is 2.78. The minimum atomic E-state index is -4.01. The number of allylic oxidation sites excluding steroid dienone is 1. The fourth-order valence-corrected chi connectivity index (χ4v) is 4.81. The van der Waals surface area contributed by atoms with E-state index in [1.165, 1.54) is 31.3 Å². The van der Waals surface area contributed by atoms with Crippen LogP contribution in [-0.4, -0.2) is 36.6 Å². The van der Waals surface area contributed by atoms with Crippen LogP contribution in [0.25, 0.3) is 5.70 Å². The normalized spacial score (nSPS) is 14.7. The Labute approximate surface area is 179 Å². The molecule has 0 aliphatic carbocycles. The lowest BCUT2D eigenvalue weighted by Gasteiger charge is -2.31. The number of ketones is 1. The third-order valence-corrected chi connectivity index (χ3v) is 6.80. The minimum Gasteiger partial charge on any atom is -0.507 e. The number of hydrogen-bond acceptors (Lipinski definition) is 5. The number of phenols is 1. The molecular formula is C23H18N2O5S. The summed E-state index contributed by atoms with van der Waals surface area (Å²) in [5.41, 5.74) is 0.329. The molecule has 0 saturated carbocycles. The van der Waals surface area contributed by atoms with Crippen LogP contribution in [-0.2, 0) is 10.0 Å². The molecule has 156 valence electrons. The van der Waals surface area contributed by atoms with Crippen molar-refractivity contribution in [2.24, 2.45) is 0 Å². The van der Waals surface area contributed by atoms with E-state index in [1.54, 1.807) is 54.6 Å². The Balaban J connectivity index is 1.94. The number of fused-ring (bicyclic) bond motifs is 1. The molecule has 1 amide bonds. The average molecular weight is 434 g/mol. The van der Waals surface area contributed by atoms with E-state index in [9.17, 15) is 23.1 Å². The Kier molecular flexibility index (Phi) is 5.08. The Morgan fingerprint density at radius 1 is 0.871 bits per heavy atom. The number of carbonyl (C=O) groups excluding carboxylic acids is 2. The zero-order valence-electron chi connectivity index (χ0n) is 16.4. The third kappa shape index (κ3) is 3.47. The van der Waals surface area contributed by atoms with Gasteiger partial charge in [0.25, 0.3) is 15.9 Å². The van der Waals surface area contributed by atoms with Crippen molar-refractivity contribution >= 4 is 27.4 Å². The molecule has 0 atom stereocenters. The summed E-state index contributed by atoms with van der Waals surface area (Å²) in [5, 5.41) is 12.7. The summed E-state index contributed by atoms with van der Waals surface area (Å²) < 4.78 is 27.1. The van der Waals surface area contributed by atoms with Crippen LogP contribution in [0.1, 0.15) is 26.3 Å². The van der Waals surface area contributed by atoms with E-state index in [4.69, 9.17) is 0 Å². The van der Waals surface area contributed by atoms with Crippen LogP contribution in [0.15, 0.2) is 89.5 Å². The van der Waals surface area contributed by atoms with Crippen LogP contribution in [0.5, 0.6) is 5.75 Å². The molecule has 0 bridgehead atoms. The molecule has 0 aromatic heterocycles. The number of para-hydroxylation sites is 1. The van der Waals surface area contributed by atoms with E-state index in [1.807, 2.05) is 0 Å². The number of phenolic OH excluding ortho intramolecular Hbond substituents is 1. The second-order valence-corrected chi connectivity index (χ2v) is 8.80. The lowest BCUT2D eigenvalue weighted by Crippen LogP contribution is -2.39. The standard InChI is InChI=1S/C23H18N2O5S/c1-25-21(22(27)15-9-3-2-4-10-15)20(17-12-6-8-14-19(17)31(25,29)30)24-23(28)16-11-5-7-13-18(16)26/h2-14,26H,1H3,(H,24,28). The Bertz CT molecular complexity index is 1330. The van der Waals surface area contributed by atoms with E-state index < -0.39 is 21.7 Å². The summed E-state index contributed by atoms with van der Waals surface area (Å²) in [6.07, 6.45) is 0. The van der Waals surface area contributed by atoms with Gasteiger partial charge < -0.3 is 10.4 Å². The summed E-state index contributed by atoms with van der Waals surface area (Å²) in [6.45, 7) is 0. The van der Waals surface area contributed by atoms with Gasteiger partial charge in [0.2, 0.25) is 5.78 Å². The number of sulfonamides is 1. The summed E-state index contributed by atoms with van der Waals surface area (Å²) >= 11 is 0. The number of benzene rings is 3. The number of rotatable bonds is 4. The lowest BCUT2D eigenvalue weighted by molar-refractivity contribution is 0.0970. The van der Waals surface area contributed by atoms with Gasteiger partial charge in [0.15, 0.2) is 0 Å². The van der Waals surface area contributed by atoms with Crippen molar-refractivity contribution in [2.45, 2.75) is 4.90 Å². The maximum absolute atomic E-state index is 13.3. The van der Waals surface area contributed by atoms with Gasteiger partial charge in [-0.15, -0.1) is 0 Å². The van der Waals surface area contributed by atoms with Gasteiger partial charge in [-0.2, -0.15) is 0 Å². The monoisotopic (exact) mass is 434 g/mol. The molecule has 3 aromatic rings. The third-order valence-electron chi connectivity index (χ3n) is 4.98. The highest BCUT2D eigenvalue weighted by molar-refractivity contribution is 7.89. The van der Waals surface area contributed by atoms with Gasteiger partial charge in [-0.3, -0.25) is 13.9 Å².